The van der Waals surface area contributed by atoms with Crippen molar-refractivity contribution in [1.29, 1.82) is 0 Å². The second-order valence-corrected chi connectivity index (χ2v) is 3.67. The third kappa shape index (κ3) is 1.56. The summed E-state index contributed by atoms with van der Waals surface area (Å²) in [4.78, 5) is 1.82. The van der Waals surface area contributed by atoms with Crippen LogP contribution in [0.4, 0.5) is 0 Å². The maximum atomic E-state index is 9.05. The van der Waals surface area contributed by atoms with E-state index in [1.807, 2.05) is 4.90 Å². The lowest BCUT2D eigenvalue weighted by molar-refractivity contribution is 0.0809. The highest BCUT2D eigenvalue weighted by Gasteiger charge is 2.20. The molecule has 52 valence electrons. The maximum Gasteiger partial charge on any atom is 0.138 e. The molecule has 0 spiro atoms. The zero-order valence-corrected chi connectivity index (χ0v) is 6.84. The largest absolute Gasteiger partial charge is 0.374 e. The van der Waals surface area contributed by atoms with E-state index >= 15 is 0 Å². The number of rotatable bonds is 1. The summed E-state index contributed by atoms with van der Waals surface area (Å²) in [6, 6.07) is 0. The summed E-state index contributed by atoms with van der Waals surface area (Å²) in [5.41, 5.74) is 0. The van der Waals surface area contributed by atoms with Crippen molar-refractivity contribution in [3.63, 3.8) is 0 Å². The zero-order chi connectivity index (χ0) is 6.85. The highest BCUT2D eigenvalue weighted by atomic mass is 32.2. The lowest BCUT2D eigenvalue weighted by Gasteiger charge is -2.19. The summed E-state index contributed by atoms with van der Waals surface area (Å²) in [5.74, 6) is 1.02. The molecular formula is C5H9NOS2. The smallest absolute Gasteiger partial charge is 0.138 e. The molecule has 2 nitrogen and oxygen atoms in total. The molecule has 1 N–H and O–H groups in total. The van der Waals surface area contributed by atoms with Crippen LogP contribution in [0, 0.1) is 0 Å². The minimum atomic E-state index is -0.410. The molecule has 0 radical (unpaired) electrons. The van der Waals surface area contributed by atoms with E-state index in [1.54, 1.807) is 18.7 Å². The topological polar surface area (TPSA) is 23.5 Å². The number of nitrogens with zero attached hydrogens (tertiary/aromatic N) is 1. The summed E-state index contributed by atoms with van der Waals surface area (Å²) >= 11 is 6.58. The normalized spacial score (nSPS) is 22.9. The zero-order valence-electron chi connectivity index (χ0n) is 5.20. The van der Waals surface area contributed by atoms with Crippen LogP contribution in [0.2, 0.25) is 0 Å². The number of hydrogen-bond acceptors (Lipinski definition) is 3. The van der Waals surface area contributed by atoms with Crippen molar-refractivity contribution in [2.75, 3.05) is 12.3 Å². The van der Waals surface area contributed by atoms with E-state index in [2.05, 4.69) is 0 Å². The molecule has 1 unspecified atom stereocenters. The first kappa shape index (κ1) is 7.31. The number of thioether (sulfide) groups is 1. The molecule has 0 aliphatic carbocycles. The fourth-order valence-corrected chi connectivity index (χ4v) is 2.11. The summed E-state index contributed by atoms with van der Waals surface area (Å²) in [5, 5.41) is 9.05. The van der Waals surface area contributed by atoms with Crippen LogP contribution < -0.4 is 0 Å². The average Bonchev–Trinajstić information content (AvgIpc) is 2.13. The van der Waals surface area contributed by atoms with Crippen molar-refractivity contribution in [2.24, 2.45) is 0 Å². The minimum Gasteiger partial charge on any atom is -0.374 e. The lowest BCUT2D eigenvalue weighted by Crippen LogP contribution is -2.32. The van der Waals surface area contributed by atoms with Crippen LogP contribution in [0.15, 0.2) is 0 Å². The first-order valence-corrected chi connectivity index (χ1v) is 4.22. The quantitative estimate of drug-likeness (QED) is 0.574. The minimum absolute atomic E-state index is 0.410. The second kappa shape index (κ2) is 2.86. The van der Waals surface area contributed by atoms with Gasteiger partial charge in [0, 0.05) is 12.3 Å². The van der Waals surface area contributed by atoms with Gasteiger partial charge in [-0.3, -0.25) is 0 Å². The van der Waals surface area contributed by atoms with Gasteiger partial charge in [0.25, 0.3) is 0 Å². The Bertz CT molecular complexity index is 126. The number of thiocarbonyl (C=S) groups is 1. The first-order chi connectivity index (χ1) is 4.22. The average molecular weight is 163 g/mol. The molecule has 1 heterocycles. The Kier molecular flexibility index (Phi) is 2.32. The highest BCUT2D eigenvalue weighted by molar-refractivity contribution is 8.23. The van der Waals surface area contributed by atoms with Gasteiger partial charge in [0.15, 0.2) is 0 Å². The van der Waals surface area contributed by atoms with Crippen molar-refractivity contribution < 1.29 is 5.11 Å². The summed E-state index contributed by atoms with van der Waals surface area (Å²) in [6.07, 6.45) is -0.410. The first-order valence-electron chi connectivity index (χ1n) is 2.83. The monoisotopic (exact) mass is 163 g/mol. The molecule has 1 saturated heterocycles. The van der Waals surface area contributed by atoms with Crippen LogP contribution in [-0.2, 0) is 0 Å². The van der Waals surface area contributed by atoms with E-state index < -0.39 is 6.23 Å². The van der Waals surface area contributed by atoms with Gasteiger partial charge < -0.3 is 10.0 Å². The summed E-state index contributed by atoms with van der Waals surface area (Å²) in [6.45, 7) is 2.62. The lowest BCUT2D eigenvalue weighted by atomic mass is 10.5. The predicted octanol–water partition coefficient (Wildman–Crippen LogP) is 0.658. The summed E-state index contributed by atoms with van der Waals surface area (Å²) in [7, 11) is 0. The SMILES string of the molecule is CC(O)N1CCSC1=S. The van der Waals surface area contributed by atoms with Crippen LogP contribution in [0.3, 0.4) is 0 Å². The van der Waals surface area contributed by atoms with Crippen molar-refractivity contribution >= 4 is 28.3 Å². The molecule has 1 aliphatic heterocycles. The fourth-order valence-electron chi connectivity index (χ4n) is 0.745. The van der Waals surface area contributed by atoms with Gasteiger partial charge in [-0.25, -0.2) is 0 Å². The van der Waals surface area contributed by atoms with E-state index in [4.69, 9.17) is 17.3 Å². The van der Waals surface area contributed by atoms with Crippen molar-refractivity contribution in [3.05, 3.63) is 0 Å². The van der Waals surface area contributed by atoms with Crippen LogP contribution in [0.1, 0.15) is 6.92 Å². The van der Waals surface area contributed by atoms with E-state index in [0.29, 0.717) is 0 Å². The molecule has 0 aromatic rings. The van der Waals surface area contributed by atoms with Crippen molar-refractivity contribution in [2.45, 2.75) is 13.2 Å². The van der Waals surface area contributed by atoms with Crippen LogP contribution in [-0.4, -0.2) is 32.9 Å². The third-order valence-electron chi connectivity index (χ3n) is 1.24. The standard InChI is InChI=1S/C5H9NOS2/c1-4(7)6-2-3-9-5(6)8/h4,7H,2-3H2,1H3. The molecule has 0 aromatic heterocycles. The van der Waals surface area contributed by atoms with Gasteiger partial charge in [0.1, 0.15) is 10.5 Å². The van der Waals surface area contributed by atoms with E-state index in [-0.39, 0.29) is 0 Å². The van der Waals surface area contributed by atoms with Crippen molar-refractivity contribution in [1.82, 2.24) is 4.90 Å². The maximum absolute atomic E-state index is 9.05. The molecule has 1 atom stereocenters. The van der Waals surface area contributed by atoms with Gasteiger partial charge in [0.2, 0.25) is 0 Å². The van der Waals surface area contributed by atoms with E-state index in [9.17, 15) is 0 Å². The number of hydrogen-bond donors (Lipinski definition) is 1. The van der Waals surface area contributed by atoms with Gasteiger partial charge in [-0.2, -0.15) is 0 Å². The molecule has 9 heavy (non-hydrogen) atoms. The molecule has 1 rings (SSSR count). The Morgan fingerprint density at radius 2 is 2.56 bits per heavy atom. The fraction of sp³-hybridized carbons (Fsp3) is 0.800. The second-order valence-electron chi connectivity index (χ2n) is 1.94. The summed E-state index contributed by atoms with van der Waals surface area (Å²) < 4.78 is 0.824. The molecule has 0 saturated carbocycles. The van der Waals surface area contributed by atoms with Crippen LogP contribution in [0.5, 0.6) is 0 Å². The Labute approximate surface area is 64.2 Å². The Hall–Kier alpha value is 0.200. The van der Waals surface area contributed by atoms with Gasteiger partial charge in [0.05, 0.1) is 0 Å². The number of aliphatic hydroxyl groups excluding tert-OH is 1. The third-order valence-corrected chi connectivity index (χ3v) is 2.70. The molecule has 1 aliphatic rings. The van der Waals surface area contributed by atoms with E-state index in [0.717, 1.165) is 16.6 Å². The Morgan fingerprint density at radius 1 is 1.89 bits per heavy atom. The molecule has 4 heteroatoms. The van der Waals surface area contributed by atoms with Crippen LogP contribution in [0.25, 0.3) is 0 Å². The Morgan fingerprint density at radius 3 is 2.78 bits per heavy atom. The van der Waals surface area contributed by atoms with Gasteiger partial charge in [-0.15, -0.1) is 0 Å². The molecular weight excluding hydrogens is 154 g/mol. The van der Waals surface area contributed by atoms with Crippen LogP contribution >= 0.6 is 24.0 Å². The van der Waals surface area contributed by atoms with Gasteiger partial charge in [-0.05, 0) is 6.92 Å². The molecule has 1 fully saturated rings. The van der Waals surface area contributed by atoms with Gasteiger partial charge in [-0.1, -0.05) is 24.0 Å². The van der Waals surface area contributed by atoms with Crippen molar-refractivity contribution in [3.8, 4) is 0 Å². The number of aliphatic hydroxyl groups is 1. The highest BCUT2D eigenvalue weighted by Crippen LogP contribution is 2.18. The molecule has 0 amide bonds. The molecule has 0 bridgehead atoms. The van der Waals surface area contributed by atoms with Gasteiger partial charge >= 0.3 is 0 Å². The molecule has 0 aromatic carbocycles. The van der Waals surface area contributed by atoms with E-state index in [1.165, 1.54) is 0 Å². The predicted molar refractivity (Wildman–Crippen MR) is 43.4 cm³/mol. The Balaban J connectivity index is 2.49.